The van der Waals surface area contributed by atoms with Crippen LogP contribution in [0.5, 0.6) is 11.5 Å². The molecule has 0 aromatic heterocycles. The first kappa shape index (κ1) is 23.6. The molecule has 180 valence electrons. The molecule has 5 rings (SSSR count). The fourth-order valence-electron chi connectivity index (χ4n) is 3.85. The van der Waals surface area contributed by atoms with E-state index in [2.05, 4.69) is 4.99 Å². The zero-order chi connectivity index (χ0) is 25.1. The highest BCUT2D eigenvalue weighted by molar-refractivity contribution is 8.17. The van der Waals surface area contributed by atoms with E-state index in [1.54, 1.807) is 47.4 Å². The van der Waals surface area contributed by atoms with E-state index in [-0.39, 0.29) is 23.8 Å². The van der Waals surface area contributed by atoms with Crippen molar-refractivity contribution in [1.29, 1.82) is 5.41 Å². The molecule has 0 atom stereocenters. The van der Waals surface area contributed by atoms with E-state index >= 15 is 0 Å². The number of thioether (sulfide) groups is 1. The summed E-state index contributed by atoms with van der Waals surface area (Å²) in [5.74, 6) is 0.166. The molecule has 0 saturated heterocycles. The van der Waals surface area contributed by atoms with Gasteiger partial charge in [-0.3, -0.25) is 15.1 Å². The quantitative estimate of drug-likeness (QED) is 0.397. The number of halogens is 1. The van der Waals surface area contributed by atoms with Gasteiger partial charge in [0.15, 0.2) is 16.7 Å². The topological polar surface area (TPSA) is 75.0 Å². The van der Waals surface area contributed by atoms with Crippen LogP contribution >= 0.6 is 11.8 Å². The summed E-state index contributed by atoms with van der Waals surface area (Å²) in [5.41, 5.74) is 3.00. The van der Waals surface area contributed by atoms with Crippen LogP contribution in [0.15, 0.2) is 88.8 Å². The number of carbonyl (C=O) groups is 1. The molecular formula is C28H22FN3O3S. The highest BCUT2D eigenvalue weighted by Gasteiger charge is 2.36. The molecule has 3 aromatic rings. The van der Waals surface area contributed by atoms with Gasteiger partial charge in [-0.05, 0) is 42.3 Å². The lowest BCUT2D eigenvalue weighted by molar-refractivity contribution is -0.114. The summed E-state index contributed by atoms with van der Waals surface area (Å²) in [6.45, 7) is 2.30. The summed E-state index contributed by atoms with van der Waals surface area (Å²) in [6.07, 6.45) is 1.62. The summed E-state index contributed by atoms with van der Waals surface area (Å²) < 4.78 is 25.6. The molecular weight excluding hydrogens is 477 g/mol. The number of hydrogen-bond donors (Lipinski definition) is 1. The van der Waals surface area contributed by atoms with Crippen molar-refractivity contribution in [2.45, 2.75) is 13.5 Å². The van der Waals surface area contributed by atoms with Gasteiger partial charge in [-0.25, -0.2) is 4.39 Å². The molecule has 0 bridgehead atoms. The maximum Gasteiger partial charge on any atom is 0.283 e. The number of rotatable bonds is 7. The van der Waals surface area contributed by atoms with Crippen LogP contribution in [-0.4, -0.2) is 28.4 Å². The molecule has 6 nitrogen and oxygen atoms in total. The molecule has 36 heavy (non-hydrogen) atoms. The first-order chi connectivity index (χ1) is 17.5. The van der Waals surface area contributed by atoms with Crippen molar-refractivity contribution in [3.8, 4) is 11.5 Å². The van der Waals surface area contributed by atoms with Crippen molar-refractivity contribution in [2.24, 2.45) is 4.99 Å². The van der Waals surface area contributed by atoms with E-state index < -0.39 is 5.91 Å². The lowest BCUT2D eigenvalue weighted by Crippen LogP contribution is -2.38. The van der Waals surface area contributed by atoms with Gasteiger partial charge in [0.1, 0.15) is 18.3 Å². The first-order valence-electron chi connectivity index (χ1n) is 11.3. The fourth-order valence-corrected chi connectivity index (χ4v) is 4.74. The van der Waals surface area contributed by atoms with Crippen molar-refractivity contribution in [3.05, 3.63) is 106 Å². The summed E-state index contributed by atoms with van der Waals surface area (Å²) in [4.78, 5) is 18.7. The van der Waals surface area contributed by atoms with Crippen LogP contribution in [0.25, 0.3) is 11.8 Å². The Kier molecular flexibility index (Phi) is 6.69. The van der Waals surface area contributed by atoms with E-state index in [1.165, 1.54) is 17.8 Å². The third kappa shape index (κ3) is 4.67. The number of carbonyl (C=O) groups excluding carboxylic acids is 1. The predicted molar refractivity (Wildman–Crippen MR) is 140 cm³/mol. The van der Waals surface area contributed by atoms with E-state index in [9.17, 15) is 9.18 Å². The maximum atomic E-state index is 14.0. The molecule has 2 aliphatic heterocycles. The largest absolute Gasteiger partial charge is 0.490 e. The zero-order valence-electron chi connectivity index (χ0n) is 19.4. The van der Waals surface area contributed by atoms with Crippen LogP contribution in [0, 0.1) is 11.2 Å². The van der Waals surface area contributed by atoms with Crippen LogP contribution in [-0.2, 0) is 11.4 Å². The minimum absolute atomic E-state index is 0.0506. The van der Waals surface area contributed by atoms with Gasteiger partial charge >= 0.3 is 0 Å². The number of amidine groups is 2. The monoisotopic (exact) mass is 499 g/mol. The average molecular weight is 500 g/mol. The van der Waals surface area contributed by atoms with Crippen LogP contribution in [0.4, 0.5) is 4.39 Å². The van der Waals surface area contributed by atoms with Gasteiger partial charge in [-0.15, -0.1) is 0 Å². The highest BCUT2D eigenvalue weighted by atomic mass is 32.2. The second-order valence-electron chi connectivity index (χ2n) is 7.95. The standard InChI is InChI=1S/C28H22FN3O3S/c1-2-34-25-15-18(12-13-24(25)35-16-20-10-6-7-11-22(20)29)14-21-26(30)32-23(19-8-4-3-5-9-19)17-36-28(32)31-27(21)33/h3-15,17,30H,2,16H2,1H3/b21-14+,30-26?. The Balaban J connectivity index is 1.42. The Morgan fingerprint density at radius 3 is 2.58 bits per heavy atom. The first-order valence-corrected chi connectivity index (χ1v) is 12.2. The van der Waals surface area contributed by atoms with E-state index in [4.69, 9.17) is 14.9 Å². The van der Waals surface area contributed by atoms with Crippen LogP contribution < -0.4 is 9.47 Å². The highest BCUT2D eigenvalue weighted by Crippen LogP contribution is 2.38. The summed E-state index contributed by atoms with van der Waals surface area (Å²) in [6, 6.07) is 21.3. The number of hydrogen-bond acceptors (Lipinski definition) is 5. The molecule has 1 amide bonds. The van der Waals surface area contributed by atoms with Crippen molar-refractivity contribution in [3.63, 3.8) is 0 Å². The molecule has 0 aliphatic carbocycles. The number of ether oxygens (including phenoxy) is 2. The summed E-state index contributed by atoms with van der Waals surface area (Å²) >= 11 is 1.32. The molecule has 2 aliphatic rings. The van der Waals surface area contributed by atoms with Gasteiger partial charge in [0.2, 0.25) is 0 Å². The Labute approximate surface area is 212 Å². The molecule has 0 spiro atoms. The van der Waals surface area contributed by atoms with Crippen molar-refractivity contribution in [2.75, 3.05) is 6.61 Å². The summed E-state index contributed by atoms with van der Waals surface area (Å²) in [7, 11) is 0. The Hall–Kier alpha value is -4.17. The molecule has 0 saturated carbocycles. The van der Waals surface area contributed by atoms with Crippen LogP contribution in [0.3, 0.4) is 0 Å². The van der Waals surface area contributed by atoms with Crippen LogP contribution in [0.1, 0.15) is 23.6 Å². The van der Waals surface area contributed by atoms with Crippen molar-refractivity contribution < 1.29 is 18.7 Å². The van der Waals surface area contributed by atoms with Gasteiger partial charge in [0.05, 0.1) is 17.9 Å². The zero-order valence-corrected chi connectivity index (χ0v) is 20.2. The molecule has 8 heteroatoms. The van der Waals surface area contributed by atoms with Gasteiger partial charge in [0, 0.05) is 11.0 Å². The smallest absolute Gasteiger partial charge is 0.283 e. The Morgan fingerprint density at radius 2 is 1.81 bits per heavy atom. The third-order valence-electron chi connectivity index (χ3n) is 5.60. The SMILES string of the molecule is CCOc1cc(/C=C2\C(=N)N3C(c4ccccc4)=CSC3=NC2=O)ccc1OCc1ccccc1F. The number of fused-ring (bicyclic) bond motifs is 1. The molecule has 0 fully saturated rings. The van der Waals surface area contributed by atoms with Crippen molar-refractivity contribution >= 4 is 40.4 Å². The second-order valence-corrected chi connectivity index (χ2v) is 8.78. The number of benzene rings is 3. The molecule has 2 heterocycles. The van der Waals surface area contributed by atoms with Gasteiger partial charge in [-0.2, -0.15) is 4.99 Å². The lowest BCUT2D eigenvalue weighted by atomic mass is 10.1. The molecule has 0 unspecified atom stereocenters. The normalized spacial score (nSPS) is 16.1. The second kappa shape index (κ2) is 10.2. The summed E-state index contributed by atoms with van der Waals surface area (Å²) in [5, 5.41) is 11.2. The third-order valence-corrected chi connectivity index (χ3v) is 6.43. The van der Waals surface area contributed by atoms with Gasteiger partial charge in [0.25, 0.3) is 5.91 Å². The average Bonchev–Trinajstić information content (AvgIpc) is 3.31. The van der Waals surface area contributed by atoms with Crippen molar-refractivity contribution in [1.82, 2.24) is 4.90 Å². The molecule has 0 radical (unpaired) electrons. The number of aliphatic imine (C=N–C) groups is 1. The van der Waals surface area contributed by atoms with Gasteiger partial charge < -0.3 is 9.47 Å². The number of nitrogens with zero attached hydrogens (tertiary/aromatic N) is 2. The predicted octanol–water partition coefficient (Wildman–Crippen LogP) is 6.11. The number of nitrogens with one attached hydrogen (secondary N) is 1. The maximum absolute atomic E-state index is 14.0. The molecule has 1 N–H and O–H groups in total. The Morgan fingerprint density at radius 1 is 1.03 bits per heavy atom. The molecule has 3 aromatic carbocycles. The lowest BCUT2D eigenvalue weighted by Gasteiger charge is -2.27. The number of amides is 1. The van der Waals surface area contributed by atoms with E-state index in [1.807, 2.05) is 42.7 Å². The fraction of sp³-hybridized carbons (Fsp3) is 0.107. The minimum atomic E-state index is -0.473. The minimum Gasteiger partial charge on any atom is -0.490 e. The van der Waals surface area contributed by atoms with E-state index in [0.29, 0.717) is 34.4 Å². The van der Waals surface area contributed by atoms with Crippen LogP contribution in [0.2, 0.25) is 0 Å². The van der Waals surface area contributed by atoms with E-state index in [0.717, 1.165) is 11.3 Å². The Bertz CT molecular complexity index is 1430. The van der Waals surface area contributed by atoms with Gasteiger partial charge in [-0.1, -0.05) is 66.4 Å².